The first kappa shape index (κ1) is 17.0. The third kappa shape index (κ3) is 6.38. The van der Waals surface area contributed by atoms with Crippen molar-refractivity contribution in [3.8, 4) is 0 Å². The number of carboxylic acid groups (broad SMARTS) is 1. The molecule has 0 spiro atoms. The van der Waals surface area contributed by atoms with Crippen LogP contribution in [0.1, 0.15) is 31.1 Å². The second kappa shape index (κ2) is 8.97. The number of aliphatic carboxylic acids is 1. The number of amides is 2. The maximum atomic E-state index is 11.6. The van der Waals surface area contributed by atoms with Crippen molar-refractivity contribution in [2.24, 2.45) is 0 Å². The third-order valence-corrected chi connectivity index (χ3v) is 4.42. The quantitative estimate of drug-likeness (QED) is 0.664. The Morgan fingerprint density at radius 2 is 2.20 bits per heavy atom. The second-order valence-corrected chi connectivity index (χ2v) is 6.94. The second-order valence-electron chi connectivity index (χ2n) is 4.39. The van der Waals surface area contributed by atoms with Crippen molar-refractivity contribution < 1.29 is 14.7 Å². The highest BCUT2D eigenvalue weighted by Gasteiger charge is 2.18. The molecule has 3 N–H and O–H groups in total. The highest BCUT2D eigenvalue weighted by molar-refractivity contribution is 9.11. The minimum atomic E-state index is -0.990. The molecule has 1 rings (SSSR count). The molecule has 1 aromatic heterocycles. The van der Waals surface area contributed by atoms with Gasteiger partial charge < -0.3 is 15.7 Å². The van der Waals surface area contributed by atoms with Gasteiger partial charge in [-0.15, -0.1) is 11.3 Å². The van der Waals surface area contributed by atoms with Crippen LogP contribution in [-0.2, 0) is 11.2 Å². The number of thiophene rings is 1. The van der Waals surface area contributed by atoms with Gasteiger partial charge in [-0.1, -0.05) is 19.8 Å². The van der Waals surface area contributed by atoms with Crippen molar-refractivity contribution in [2.75, 3.05) is 6.54 Å². The molecule has 0 aromatic carbocycles. The van der Waals surface area contributed by atoms with Gasteiger partial charge in [0.2, 0.25) is 0 Å². The summed E-state index contributed by atoms with van der Waals surface area (Å²) in [5.41, 5.74) is 0. The maximum Gasteiger partial charge on any atom is 0.326 e. The number of carboxylic acids is 1. The van der Waals surface area contributed by atoms with Crippen molar-refractivity contribution in [2.45, 2.75) is 38.6 Å². The minimum Gasteiger partial charge on any atom is -0.480 e. The van der Waals surface area contributed by atoms with Gasteiger partial charge in [0.1, 0.15) is 6.04 Å². The van der Waals surface area contributed by atoms with Crippen LogP contribution in [0.5, 0.6) is 0 Å². The number of halogens is 1. The van der Waals surface area contributed by atoms with E-state index in [4.69, 9.17) is 5.11 Å². The van der Waals surface area contributed by atoms with Gasteiger partial charge in [-0.05, 0) is 40.9 Å². The fraction of sp³-hybridized carbons (Fsp3) is 0.538. The SMILES string of the molecule is CCCCC(NC(=O)NCCc1ccc(Br)s1)C(=O)O. The molecule has 20 heavy (non-hydrogen) atoms. The van der Waals surface area contributed by atoms with Crippen LogP contribution >= 0.6 is 27.3 Å². The molecule has 112 valence electrons. The van der Waals surface area contributed by atoms with Gasteiger partial charge in [0.05, 0.1) is 3.79 Å². The Morgan fingerprint density at radius 3 is 2.75 bits per heavy atom. The molecule has 5 nitrogen and oxygen atoms in total. The summed E-state index contributed by atoms with van der Waals surface area (Å²) in [5, 5.41) is 14.2. The molecule has 0 bridgehead atoms. The molecular formula is C13H19BrN2O3S. The van der Waals surface area contributed by atoms with E-state index in [2.05, 4.69) is 26.6 Å². The number of carbonyl (C=O) groups excluding carboxylic acids is 1. The first-order chi connectivity index (χ1) is 9.52. The molecule has 1 unspecified atom stereocenters. The Hall–Kier alpha value is -1.08. The standard InChI is InChI=1S/C13H19BrN2O3S/c1-2-3-4-10(12(17)18)16-13(19)15-8-7-9-5-6-11(14)20-9/h5-6,10H,2-4,7-8H2,1H3,(H,17,18)(H2,15,16,19). The zero-order valence-electron chi connectivity index (χ0n) is 11.3. The summed E-state index contributed by atoms with van der Waals surface area (Å²) in [6.45, 7) is 2.47. The lowest BCUT2D eigenvalue weighted by atomic mass is 10.1. The lowest BCUT2D eigenvalue weighted by Crippen LogP contribution is -2.46. The largest absolute Gasteiger partial charge is 0.480 e. The Bertz CT molecular complexity index is 451. The Morgan fingerprint density at radius 1 is 1.45 bits per heavy atom. The first-order valence-electron chi connectivity index (χ1n) is 6.54. The highest BCUT2D eigenvalue weighted by atomic mass is 79.9. The predicted octanol–water partition coefficient (Wildman–Crippen LogP) is 3.00. The third-order valence-electron chi connectivity index (χ3n) is 2.74. The van der Waals surface area contributed by atoms with E-state index in [1.165, 1.54) is 0 Å². The van der Waals surface area contributed by atoms with E-state index in [0.29, 0.717) is 13.0 Å². The lowest BCUT2D eigenvalue weighted by Gasteiger charge is -2.14. The van der Waals surface area contributed by atoms with Gasteiger partial charge >= 0.3 is 12.0 Å². The summed E-state index contributed by atoms with van der Waals surface area (Å²) in [6.07, 6.45) is 2.87. The van der Waals surface area contributed by atoms with E-state index >= 15 is 0 Å². The van der Waals surface area contributed by atoms with E-state index in [1.807, 2.05) is 19.1 Å². The van der Waals surface area contributed by atoms with Crippen LogP contribution in [0, 0.1) is 0 Å². The van der Waals surface area contributed by atoms with Crippen LogP contribution in [0.15, 0.2) is 15.9 Å². The molecule has 0 saturated carbocycles. The van der Waals surface area contributed by atoms with E-state index in [0.717, 1.165) is 27.9 Å². The van der Waals surface area contributed by atoms with Crippen LogP contribution in [-0.4, -0.2) is 29.7 Å². The Balaban J connectivity index is 2.28. The summed E-state index contributed by atoms with van der Waals surface area (Å²) in [7, 11) is 0. The minimum absolute atomic E-state index is 0.427. The van der Waals surface area contributed by atoms with E-state index < -0.39 is 18.0 Å². The number of rotatable bonds is 8. The van der Waals surface area contributed by atoms with Gasteiger partial charge in [0.15, 0.2) is 0 Å². The van der Waals surface area contributed by atoms with Crippen LogP contribution in [0.3, 0.4) is 0 Å². The summed E-state index contributed by atoms with van der Waals surface area (Å²) < 4.78 is 1.06. The molecule has 1 heterocycles. The normalized spacial score (nSPS) is 11.9. The van der Waals surface area contributed by atoms with Crippen LogP contribution < -0.4 is 10.6 Å². The molecule has 1 atom stereocenters. The fourth-order valence-electron chi connectivity index (χ4n) is 1.66. The lowest BCUT2D eigenvalue weighted by molar-refractivity contribution is -0.139. The number of hydrogen-bond donors (Lipinski definition) is 3. The maximum absolute atomic E-state index is 11.6. The smallest absolute Gasteiger partial charge is 0.326 e. The molecule has 0 aliphatic rings. The number of carbonyl (C=O) groups is 2. The van der Waals surface area contributed by atoms with Crippen LogP contribution in [0.4, 0.5) is 4.79 Å². The summed E-state index contributed by atoms with van der Waals surface area (Å²) >= 11 is 5.00. The Labute approximate surface area is 130 Å². The summed E-state index contributed by atoms with van der Waals surface area (Å²) in [5.74, 6) is -0.990. The average molecular weight is 363 g/mol. The number of nitrogens with one attached hydrogen (secondary N) is 2. The predicted molar refractivity (Wildman–Crippen MR) is 83.2 cm³/mol. The molecule has 0 fully saturated rings. The van der Waals surface area contributed by atoms with Gasteiger partial charge in [0.25, 0.3) is 0 Å². The number of unbranched alkanes of at least 4 members (excludes halogenated alkanes) is 1. The topological polar surface area (TPSA) is 78.4 Å². The molecule has 2 amide bonds. The summed E-state index contributed by atoms with van der Waals surface area (Å²) in [4.78, 5) is 23.8. The van der Waals surface area contributed by atoms with E-state index in [9.17, 15) is 9.59 Å². The van der Waals surface area contributed by atoms with Gasteiger partial charge in [-0.3, -0.25) is 0 Å². The molecule has 0 saturated heterocycles. The van der Waals surface area contributed by atoms with Gasteiger partial charge in [-0.2, -0.15) is 0 Å². The van der Waals surface area contributed by atoms with Crippen molar-refractivity contribution >= 4 is 39.3 Å². The van der Waals surface area contributed by atoms with Gasteiger partial charge in [-0.25, -0.2) is 9.59 Å². The first-order valence-corrected chi connectivity index (χ1v) is 8.15. The van der Waals surface area contributed by atoms with Crippen LogP contribution in [0.2, 0.25) is 0 Å². The Kier molecular flexibility index (Phi) is 7.61. The molecule has 0 radical (unpaired) electrons. The monoisotopic (exact) mass is 362 g/mol. The van der Waals surface area contributed by atoms with E-state index in [1.54, 1.807) is 11.3 Å². The molecule has 1 aromatic rings. The zero-order chi connectivity index (χ0) is 15.0. The van der Waals surface area contributed by atoms with E-state index in [-0.39, 0.29) is 0 Å². The van der Waals surface area contributed by atoms with Crippen molar-refractivity contribution in [1.29, 1.82) is 0 Å². The van der Waals surface area contributed by atoms with Gasteiger partial charge in [0, 0.05) is 11.4 Å². The number of hydrogen-bond acceptors (Lipinski definition) is 3. The van der Waals surface area contributed by atoms with Crippen molar-refractivity contribution in [3.05, 3.63) is 20.8 Å². The average Bonchev–Trinajstić information content (AvgIpc) is 2.80. The molecule has 0 aliphatic heterocycles. The van der Waals surface area contributed by atoms with Crippen molar-refractivity contribution in [1.82, 2.24) is 10.6 Å². The van der Waals surface area contributed by atoms with Crippen molar-refractivity contribution in [3.63, 3.8) is 0 Å². The fourth-order valence-corrected chi connectivity index (χ4v) is 3.14. The molecule has 0 aliphatic carbocycles. The molecular weight excluding hydrogens is 344 g/mol. The highest BCUT2D eigenvalue weighted by Crippen LogP contribution is 2.21. The molecule has 7 heteroatoms. The van der Waals surface area contributed by atoms with Crippen LogP contribution in [0.25, 0.3) is 0 Å². The summed E-state index contributed by atoms with van der Waals surface area (Å²) in [6, 6.07) is 2.72. The zero-order valence-corrected chi connectivity index (χ0v) is 13.7. The number of urea groups is 1.